The highest BCUT2D eigenvalue weighted by Crippen LogP contribution is 2.32. The number of nitriles is 2. The molecule has 0 radical (unpaired) electrons. The second-order valence-corrected chi connectivity index (χ2v) is 5.10. The molecular weight excluding hydrogens is 242 g/mol. The quantitative estimate of drug-likeness (QED) is 0.835. The summed E-state index contributed by atoms with van der Waals surface area (Å²) in [4.78, 5) is 1.93. The second kappa shape index (κ2) is 5.53. The van der Waals surface area contributed by atoms with Crippen LogP contribution in [0.5, 0.6) is 0 Å². The van der Waals surface area contributed by atoms with E-state index >= 15 is 0 Å². The molecule has 0 saturated carbocycles. The van der Waals surface area contributed by atoms with Crippen LogP contribution in [0, 0.1) is 22.7 Å². The van der Waals surface area contributed by atoms with Crippen LogP contribution in [0.3, 0.4) is 0 Å². The molecule has 0 saturated heterocycles. The van der Waals surface area contributed by atoms with Gasteiger partial charge in [-0.1, -0.05) is 6.92 Å². The minimum atomic E-state index is -0.654. The number of rotatable bonds is 4. The van der Waals surface area contributed by atoms with E-state index in [0.29, 0.717) is 0 Å². The van der Waals surface area contributed by atoms with E-state index < -0.39 is 5.92 Å². The van der Waals surface area contributed by atoms with Gasteiger partial charge in [0, 0.05) is 17.6 Å². The summed E-state index contributed by atoms with van der Waals surface area (Å²) in [6.45, 7) is 3.13. The molecule has 0 unspecified atom stereocenters. The van der Waals surface area contributed by atoms with Crippen LogP contribution in [0.1, 0.15) is 24.1 Å². The average Bonchev–Trinajstić information content (AvgIpc) is 3.00. The summed E-state index contributed by atoms with van der Waals surface area (Å²) in [7, 11) is 0. The molecule has 2 rings (SSSR count). The molecule has 0 amide bonds. The van der Waals surface area contributed by atoms with Crippen LogP contribution in [0.2, 0.25) is 0 Å². The number of thiophene rings is 1. The van der Waals surface area contributed by atoms with Gasteiger partial charge in [0.15, 0.2) is 5.92 Å². The number of nitrogens with zero attached hydrogens (tertiary/aromatic N) is 3. The lowest BCUT2D eigenvalue weighted by atomic mass is 10.1. The van der Waals surface area contributed by atoms with Gasteiger partial charge in [-0.2, -0.15) is 10.5 Å². The fourth-order valence-corrected chi connectivity index (χ4v) is 2.91. The maximum Gasteiger partial charge on any atom is 0.167 e. The molecule has 0 atom stereocenters. The molecule has 0 aliphatic carbocycles. The highest BCUT2D eigenvalue weighted by atomic mass is 32.1. The van der Waals surface area contributed by atoms with Crippen LogP contribution in [0.4, 0.5) is 0 Å². The average molecular weight is 255 g/mol. The van der Waals surface area contributed by atoms with Crippen LogP contribution >= 0.6 is 11.3 Å². The Morgan fingerprint density at radius 2 is 2.06 bits per heavy atom. The van der Waals surface area contributed by atoms with Gasteiger partial charge >= 0.3 is 0 Å². The Morgan fingerprint density at radius 1 is 1.28 bits per heavy atom. The third kappa shape index (κ3) is 2.30. The Labute approximate surface area is 111 Å². The molecule has 0 aliphatic rings. The first-order chi connectivity index (χ1) is 8.80. The Morgan fingerprint density at radius 3 is 2.72 bits per heavy atom. The van der Waals surface area contributed by atoms with Crippen molar-refractivity contribution in [2.75, 3.05) is 0 Å². The van der Waals surface area contributed by atoms with Crippen molar-refractivity contribution >= 4 is 11.3 Å². The Balaban J connectivity index is 2.33. The van der Waals surface area contributed by atoms with Gasteiger partial charge in [-0.15, -0.1) is 11.3 Å². The van der Waals surface area contributed by atoms with Gasteiger partial charge in [0.25, 0.3) is 0 Å². The fraction of sp³-hybridized carbons (Fsp3) is 0.286. The normalized spacial score (nSPS) is 10.2. The zero-order chi connectivity index (χ0) is 13.0. The minimum absolute atomic E-state index is 0.654. The molecule has 0 aliphatic heterocycles. The SMILES string of the molecule is CCCn1cccc1-c1ccc(C(C#N)C#N)s1. The van der Waals surface area contributed by atoms with Crippen molar-refractivity contribution in [2.45, 2.75) is 25.8 Å². The van der Waals surface area contributed by atoms with E-state index in [4.69, 9.17) is 10.5 Å². The van der Waals surface area contributed by atoms with E-state index in [1.807, 2.05) is 30.3 Å². The van der Waals surface area contributed by atoms with Crippen molar-refractivity contribution in [2.24, 2.45) is 0 Å². The fourth-order valence-electron chi connectivity index (χ4n) is 1.88. The molecule has 2 heterocycles. The lowest BCUT2D eigenvalue weighted by Gasteiger charge is -2.05. The lowest BCUT2D eigenvalue weighted by molar-refractivity contribution is 0.690. The number of aryl methyl sites for hydroxylation is 1. The summed E-state index contributed by atoms with van der Waals surface area (Å²) in [6.07, 6.45) is 3.14. The number of hydrogen-bond acceptors (Lipinski definition) is 3. The minimum Gasteiger partial charge on any atom is -0.347 e. The summed E-state index contributed by atoms with van der Waals surface area (Å²) in [5.41, 5.74) is 1.16. The summed E-state index contributed by atoms with van der Waals surface area (Å²) >= 11 is 1.52. The topological polar surface area (TPSA) is 52.5 Å². The van der Waals surface area contributed by atoms with Crippen LogP contribution in [0.25, 0.3) is 10.6 Å². The van der Waals surface area contributed by atoms with Crippen molar-refractivity contribution in [3.05, 3.63) is 35.3 Å². The smallest absolute Gasteiger partial charge is 0.167 e. The molecule has 0 spiro atoms. The standard InChI is InChI=1S/C14H13N3S/c1-2-7-17-8-3-4-12(17)14-6-5-13(18-14)11(9-15)10-16/h3-6,8,11H,2,7H2,1H3. The van der Waals surface area contributed by atoms with Gasteiger partial charge in [-0.05, 0) is 30.7 Å². The third-order valence-corrected chi connectivity index (χ3v) is 3.89. The third-order valence-electron chi connectivity index (χ3n) is 2.72. The van der Waals surface area contributed by atoms with Crippen LogP contribution < -0.4 is 0 Å². The summed E-state index contributed by atoms with van der Waals surface area (Å²) in [6, 6.07) is 12.0. The molecule has 0 bridgehead atoms. The van der Waals surface area contributed by atoms with E-state index in [1.54, 1.807) is 0 Å². The van der Waals surface area contributed by atoms with Gasteiger partial charge < -0.3 is 4.57 Å². The number of aromatic nitrogens is 1. The molecule has 0 N–H and O–H groups in total. The van der Waals surface area contributed by atoms with E-state index in [0.717, 1.165) is 28.4 Å². The zero-order valence-electron chi connectivity index (χ0n) is 10.1. The van der Waals surface area contributed by atoms with Crippen molar-refractivity contribution in [3.63, 3.8) is 0 Å². The lowest BCUT2D eigenvalue weighted by Crippen LogP contribution is -1.95. The van der Waals surface area contributed by atoms with Crippen LogP contribution in [-0.2, 0) is 6.54 Å². The Hall–Kier alpha value is -2.04. The first kappa shape index (κ1) is 12.4. The first-order valence-electron chi connectivity index (χ1n) is 5.84. The molecule has 3 nitrogen and oxygen atoms in total. The molecule has 18 heavy (non-hydrogen) atoms. The largest absolute Gasteiger partial charge is 0.347 e. The maximum absolute atomic E-state index is 8.89. The second-order valence-electron chi connectivity index (χ2n) is 3.98. The predicted molar refractivity (Wildman–Crippen MR) is 72.0 cm³/mol. The maximum atomic E-state index is 8.89. The van der Waals surface area contributed by atoms with Crippen molar-refractivity contribution in [1.29, 1.82) is 10.5 Å². The molecule has 0 fully saturated rings. The Bertz CT molecular complexity index is 596. The molecule has 2 aromatic rings. The molecular formula is C14H13N3S. The van der Waals surface area contributed by atoms with E-state index in [-0.39, 0.29) is 0 Å². The van der Waals surface area contributed by atoms with Crippen LogP contribution in [-0.4, -0.2) is 4.57 Å². The molecule has 2 aromatic heterocycles. The van der Waals surface area contributed by atoms with Gasteiger partial charge in [0.2, 0.25) is 0 Å². The summed E-state index contributed by atoms with van der Waals surface area (Å²) in [5, 5.41) is 17.8. The van der Waals surface area contributed by atoms with Crippen LogP contribution in [0.15, 0.2) is 30.5 Å². The summed E-state index contributed by atoms with van der Waals surface area (Å²) < 4.78 is 2.20. The summed E-state index contributed by atoms with van der Waals surface area (Å²) in [5.74, 6) is -0.654. The van der Waals surface area contributed by atoms with Crippen molar-refractivity contribution < 1.29 is 0 Å². The van der Waals surface area contributed by atoms with Gasteiger partial charge in [0.05, 0.1) is 22.7 Å². The zero-order valence-corrected chi connectivity index (χ0v) is 10.9. The van der Waals surface area contributed by atoms with E-state index in [2.05, 4.69) is 23.8 Å². The molecule has 4 heteroatoms. The first-order valence-corrected chi connectivity index (χ1v) is 6.66. The van der Waals surface area contributed by atoms with Crippen molar-refractivity contribution in [1.82, 2.24) is 4.57 Å². The monoisotopic (exact) mass is 255 g/mol. The van der Waals surface area contributed by atoms with Gasteiger partial charge in [-0.3, -0.25) is 0 Å². The molecule has 90 valence electrons. The molecule has 0 aromatic carbocycles. The van der Waals surface area contributed by atoms with Gasteiger partial charge in [-0.25, -0.2) is 0 Å². The predicted octanol–water partition coefficient (Wildman–Crippen LogP) is 3.76. The highest BCUT2D eigenvalue weighted by Gasteiger charge is 2.14. The number of hydrogen-bond donors (Lipinski definition) is 0. The van der Waals surface area contributed by atoms with Gasteiger partial charge in [0.1, 0.15) is 0 Å². The van der Waals surface area contributed by atoms with Crippen molar-refractivity contribution in [3.8, 4) is 22.7 Å². The van der Waals surface area contributed by atoms with E-state index in [9.17, 15) is 0 Å². The highest BCUT2D eigenvalue weighted by molar-refractivity contribution is 7.15. The Kier molecular flexibility index (Phi) is 3.82. The van der Waals surface area contributed by atoms with E-state index in [1.165, 1.54) is 11.3 Å².